The lowest BCUT2D eigenvalue weighted by molar-refractivity contribution is 0.505. The molecule has 0 amide bonds. The maximum Gasteiger partial charge on any atom is 0.153 e. The minimum absolute atomic E-state index is 0.354. The smallest absolute Gasteiger partial charge is 0.153 e. The molecule has 0 aliphatic heterocycles. The predicted octanol–water partition coefficient (Wildman–Crippen LogP) is 1.38. The fraction of sp³-hybridized carbons (Fsp3) is 0.750. The lowest BCUT2D eigenvalue weighted by atomic mass is 10.2. The summed E-state index contributed by atoms with van der Waals surface area (Å²) in [5.74, 6) is 0. The summed E-state index contributed by atoms with van der Waals surface area (Å²) >= 11 is 0. The minimum atomic E-state index is -3.05. The summed E-state index contributed by atoms with van der Waals surface area (Å²) < 4.78 is 24.4. The van der Waals surface area contributed by atoms with Crippen LogP contribution in [0.5, 0.6) is 0 Å². The molecule has 18 heavy (non-hydrogen) atoms. The van der Waals surface area contributed by atoms with Crippen molar-refractivity contribution in [3.8, 4) is 0 Å². The summed E-state index contributed by atoms with van der Waals surface area (Å²) in [6, 6.07) is 0.354. The third-order valence-electron chi connectivity index (χ3n) is 3.16. The Kier molecular flexibility index (Phi) is 4.55. The maximum absolute atomic E-state index is 11.6. The second-order valence-corrected chi connectivity index (χ2v) is 8.17. The Morgan fingerprint density at radius 1 is 1.44 bits per heavy atom. The van der Waals surface area contributed by atoms with Crippen LogP contribution in [0.15, 0.2) is 12.5 Å². The monoisotopic (exact) mass is 273 g/mol. The van der Waals surface area contributed by atoms with E-state index in [9.17, 15) is 8.42 Å². The van der Waals surface area contributed by atoms with Gasteiger partial charge in [-0.15, -0.1) is 0 Å². The molecule has 0 bridgehead atoms. The molecule has 1 aromatic heterocycles. The van der Waals surface area contributed by atoms with Crippen LogP contribution >= 0.6 is 0 Å². The zero-order chi connectivity index (χ0) is 14.0. The molecular formula is C12H23N3O2S. The molecule has 0 aliphatic carbocycles. The molecule has 1 N–H and O–H groups in total. The molecule has 0 aliphatic rings. The van der Waals surface area contributed by atoms with E-state index < -0.39 is 14.6 Å². The van der Waals surface area contributed by atoms with Gasteiger partial charge in [-0.3, -0.25) is 0 Å². The molecule has 1 heterocycles. The quantitative estimate of drug-likeness (QED) is 0.850. The van der Waals surface area contributed by atoms with Crippen LogP contribution in [0.2, 0.25) is 0 Å². The van der Waals surface area contributed by atoms with Crippen LogP contribution in [0.25, 0.3) is 0 Å². The van der Waals surface area contributed by atoms with Crippen molar-refractivity contribution >= 4 is 9.84 Å². The molecule has 0 saturated heterocycles. The Hall–Kier alpha value is -0.880. The van der Waals surface area contributed by atoms with Gasteiger partial charge in [-0.05, 0) is 27.7 Å². The molecule has 5 nitrogen and oxygen atoms in total. The molecule has 0 radical (unpaired) electrons. The fourth-order valence-electron chi connectivity index (χ4n) is 1.56. The number of hydrogen-bond donors (Lipinski definition) is 1. The van der Waals surface area contributed by atoms with E-state index in [-0.39, 0.29) is 0 Å². The average molecular weight is 273 g/mol. The summed E-state index contributed by atoms with van der Waals surface area (Å²) in [4.78, 5) is 4.11. The van der Waals surface area contributed by atoms with Crippen LogP contribution < -0.4 is 5.32 Å². The topological polar surface area (TPSA) is 64.0 Å². The first-order valence-electron chi connectivity index (χ1n) is 6.06. The van der Waals surface area contributed by atoms with Crippen LogP contribution in [-0.2, 0) is 16.4 Å². The molecule has 0 spiro atoms. The van der Waals surface area contributed by atoms with Gasteiger partial charge in [0.05, 0.1) is 16.8 Å². The van der Waals surface area contributed by atoms with Crippen LogP contribution in [0.1, 0.15) is 39.4 Å². The zero-order valence-electron chi connectivity index (χ0n) is 11.8. The van der Waals surface area contributed by atoms with E-state index >= 15 is 0 Å². The predicted molar refractivity (Wildman–Crippen MR) is 73.2 cm³/mol. The van der Waals surface area contributed by atoms with Crippen molar-refractivity contribution < 1.29 is 8.42 Å². The highest BCUT2D eigenvalue weighted by Gasteiger charge is 2.29. The lowest BCUT2D eigenvalue weighted by Crippen LogP contribution is -2.41. The normalized spacial score (nSPS) is 13.2. The van der Waals surface area contributed by atoms with Gasteiger partial charge < -0.3 is 9.88 Å². The third kappa shape index (κ3) is 3.55. The number of imidazole rings is 1. The molecule has 1 aromatic rings. The lowest BCUT2D eigenvalue weighted by Gasteiger charge is -2.23. The van der Waals surface area contributed by atoms with E-state index in [1.54, 1.807) is 26.4 Å². The molecule has 6 heteroatoms. The van der Waals surface area contributed by atoms with Crippen molar-refractivity contribution in [2.75, 3.05) is 12.8 Å². The number of rotatable bonds is 6. The summed E-state index contributed by atoms with van der Waals surface area (Å²) in [7, 11) is -3.05. The number of aromatic nitrogens is 2. The Morgan fingerprint density at radius 3 is 2.56 bits per heavy atom. The van der Waals surface area contributed by atoms with Gasteiger partial charge in [0.15, 0.2) is 9.84 Å². The molecular weight excluding hydrogens is 250 g/mol. The molecule has 1 rings (SSSR count). The van der Waals surface area contributed by atoms with Gasteiger partial charge in [0.2, 0.25) is 0 Å². The second kappa shape index (κ2) is 5.40. The van der Waals surface area contributed by atoms with E-state index in [1.807, 2.05) is 0 Å². The Bertz CT molecular complexity index is 489. The first-order chi connectivity index (χ1) is 8.15. The van der Waals surface area contributed by atoms with Crippen LogP contribution in [-0.4, -0.2) is 35.5 Å². The van der Waals surface area contributed by atoms with E-state index in [0.717, 1.165) is 5.69 Å². The molecule has 0 atom stereocenters. The van der Waals surface area contributed by atoms with Crippen LogP contribution in [0, 0.1) is 0 Å². The average Bonchev–Trinajstić information content (AvgIpc) is 2.63. The van der Waals surface area contributed by atoms with Gasteiger partial charge in [-0.2, -0.15) is 0 Å². The second-order valence-electron chi connectivity index (χ2n) is 5.52. The molecule has 104 valence electrons. The summed E-state index contributed by atoms with van der Waals surface area (Å²) in [6.07, 6.45) is 4.87. The van der Waals surface area contributed by atoms with Gasteiger partial charge in [0, 0.05) is 31.6 Å². The van der Waals surface area contributed by atoms with Crippen molar-refractivity contribution in [3.05, 3.63) is 18.2 Å². The molecule has 0 unspecified atom stereocenters. The third-order valence-corrected chi connectivity index (χ3v) is 5.32. The highest BCUT2D eigenvalue weighted by atomic mass is 32.2. The van der Waals surface area contributed by atoms with Gasteiger partial charge in [0.25, 0.3) is 0 Å². The van der Waals surface area contributed by atoms with Crippen molar-refractivity contribution in [2.45, 2.75) is 45.0 Å². The summed E-state index contributed by atoms with van der Waals surface area (Å²) in [5, 5.41) is 3.19. The Morgan fingerprint density at radius 2 is 2.06 bits per heavy atom. The van der Waals surface area contributed by atoms with Crippen molar-refractivity contribution in [3.63, 3.8) is 0 Å². The van der Waals surface area contributed by atoms with Crippen molar-refractivity contribution in [2.24, 2.45) is 0 Å². The molecule has 0 aromatic carbocycles. The van der Waals surface area contributed by atoms with Gasteiger partial charge in [-0.1, -0.05) is 0 Å². The van der Waals surface area contributed by atoms with E-state index in [1.165, 1.54) is 6.26 Å². The highest BCUT2D eigenvalue weighted by Crippen LogP contribution is 2.14. The van der Waals surface area contributed by atoms with E-state index in [0.29, 0.717) is 19.1 Å². The minimum Gasteiger partial charge on any atom is -0.331 e. The zero-order valence-corrected chi connectivity index (χ0v) is 12.6. The molecule has 0 saturated carbocycles. The number of nitrogens with one attached hydrogen (secondary N) is 1. The Balaban J connectivity index is 2.60. The van der Waals surface area contributed by atoms with Crippen LogP contribution in [0.3, 0.4) is 0 Å². The maximum atomic E-state index is 11.6. The standard InChI is InChI=1S/C12H23N3O2S/c1-10(2)15-9-14-7-11(15)6-13-8-12(3,4)18(5,16)17/h7,9-10,13H,6,8H2,1-5H3. The first kappa shape index (κ1) is 15.2. The number of sulfone groups is 1. The van der Waals surface area contributed by atoms with Gasteiger partial charge in [-0.25, -0.2) is 13.4 Å². The summed E-state index contributed by atoms with van der Waals surface area (Å²) in [5.41, 5.74) is 1.06. The van der Waals surface area contributed by atoms with Crippen molar-refractivity contribution in [1.29, 1.82) is 0 Å². The Labute approximate surface area is 110 Å². The van der Waals surface area contributed by atoms with Crippen LogP contribution in [0.4, 0.5) is 0 Å². The largest absolute Gasteiger partial charge is 0.331 e. The van der Waals surface area contributed by atoms with E-state index in [2.05, 4.69) is 28.7 Å². The van der Waals surface area contributed by atoms with E-state index in [4.69, 9.17) is 0 Å². The van der Waals surface area contributed by atoms with Gasteiger partial charge >= 0.3 is 0 Å². The van der Waals surface area contributed by atoms with Crippen molar-refractivity contribution in [1.82, 2.24) is 14.9 Å². The molecule has 0 fully saturated rings. The SMILES string of the molecule is CC(C)n1cncc1CNCC(C)(C)S(C)(=O)=O. The summed E-state index contributed by atoms with van der Waals surface area (Å²) in [6.45, 7) is 8.69. The number of nitrogens with zero attached hydrogens (tertiary/aromatic N) is 2. The highest BCUT2D eigenvalue weighted by molar-refractivity contribution is 7.92. The first-order valence-corrected chi connectivity index (χ1v) is 7.95. The van der Waals surface area contributed by atoms with Gasteiger partial charge in [0.1, 0.15) is 0 Å². The fourth-order valence-corrected chi connectivity index (χ4v) is 1.92. The number of hydrogen-bond acceptors (Lipinski definition) is 4.